The maximum absolute atomic E-state index is 13.0. The fraction of sp³-hybridized carbons (Fsp3) is 0.600. The van der Waals surface area contributed by atoms with Crippen molar-refractivity contribution in [2.24, 2.45) is 5.92 Å². The summed E-state index contributed by atoms with van der Waals surface area (Å²) in [5, 5.41) is 9.71. The highest BCUT2D eigenvalue weighted by molar-refractivity contribution is 5.24. The summed E-state index contributed by atoms with van der Waals surface area (Å²) in [6, 6.07) is 7.95. The average Bonchev–Trinajstić information content (AvgIpc) is 2.63. The number of rotatable bonds is 2. The molecule has 0 aliphatic carbocycles. The van der Waals surface area contributed by atoms with Crippen LogP contribution in [0.2, 0.25) is 0 Å². The molecule has 0 radical (unpaired) electrons. The molecule has 2 aliphatic rings. The second kappa shape index (κ2) is 4.63. The third-order valence-corrected chi connectivity index (χ3v) is 4.94. The summed E-state index contributed by atoms with van der Waals surface area (Å²) in [5.41, 5.74) is 1.18. The molecule has 2 fully saturated rings. The number of benzene rings is 1. The number of piperidine rings is 1. The van der Waals surface area contributed by atoms with Crippen LogP contribution in [0.25, 0.3) is 0 Å². The van der Waals surface area contributed by atoms with E-state index in [1.54, 1.807) is 0 Å². The first kappa shape index (κ1) is 12.1. The molecule has 1 aromatic rings. The Bertz CT molecular complexity index is 419. The molecule has 0 amide bonds. The maximum Gasteiger partial charge on any atom is 0.123 e. The quantitative estimate of drug-likeness (QED) is 0.870. The number of aliphatic hydroxyl groups excluding tert-OH is 1. The molecule has 2 aliphatic heterocycles. The monoisotopic (exact) mass is 249 g/mol. The Labute approximate surface area is 107 Å². The average molecular weight is 249 g/mol. The minimum atomic E-state index is -0.185. The molecule has 1 N–H and O–H groups in total. The highest BCUT2D eigenvalue weighted by Gasteiger charge is 2.45. The van der Waals surface area contributed by atoms with E-state index in [2.05, 4.69) is 11.9 Å². The Morgan fingerprint density at radius 2 is 2.00 bits per heavy atom. The van der Waals surface area contributed by atoms with E-state index in [9.17, 15) is 9.50 Å². The number of fused-ring (bicyclic) bond motifs is 2. The van der Waals surface area contributed by atoms with Crippen molar-refractivity contribution in [3.8, 4) is 0 Å². The molecule has 0 unspecified atom stereocenters. The summed E-state index contributed by atoms with van der Waals surface area (Å²) in [6.07, 6.45) is 3.50. The first-order valence-electron chi connectivity index (χ1n) is 6.79. The van der Waals surface area contributed by atoms with Crippen molar-refractivity contribution in [1.82, 2.24) is 4.90 Å². The lowest BCUT2D eigenvalue weighted by Crippen LogP contribution is -2.47. The number of hydrogen-bond acceptors (Lipinski definition) is 2. The SMILES string of the molecule is CN1[C@@H]2CC[C@H]1[C@@H](CO)[C@H](c1ccc(F)cc1)C2. The Balaban J connectivity index is 1.89. The smallest absolute Gasteiger partial charge is 0.123 e. The van der Waals surface area contributed by atoms with Gasteiger partial charge in [-0.05, 0) is 49.9 Å². The second-order valence-corrected chi connectivity index (χ2v) is 5.70. The van der Waals surface area contributed by atoms with Gasteiger partial charge in [-0.15, -0.1) is 0 Å². The van der Waals surface area contributed by atoms with E-state index in [0.29, 0.717) is 23.9 Å². The standard InChI is InChI=1S/C15H20FNO/c1-17-12-6-7-15(17)14(9-18)13(8-12)10-2-4-11(16)5-3-10/h2-5,12-15,18H,6-9H2,1H3/t12-,13+,14+,15+/m1/s1. The molecule has 2 saturated heterocycles. The fourth-order valence-corrected chi connectivity index (χ4v) is 3.92. The summed E-state index contributed by atoms with van der Waals surface area (Å²) in [7, 11) is 2.17. The highest BCUT2D eigenvalue weighted by Crippen LogP contribution is 2.45. The van der Waals surface area contributed by atoms with Crippen LogP contribution in [0.15, 0.2) is 24.3 Å². The van der Waals surface area contributed by atoms with Gasteiger partial charge in [0.2, 0.25) is 0 Å². The molecule has 4 atom stereocenters. The van der Waals surface area contributed by atoms with Gasteiger partial charge in [0.15, 0.2) is 0 Å². The maximum atomic E-state index is 13.0. The van der Waals surface area contributed by atoms with Gasteiger partial charge in [0.1, 0.15) is 5.82 Å². The third-order valence-electron chi connectivity index (χ3n) is 4.94. The van der Waals surface area contributed by atoms with Crippen LogP contribution in [0.3, 0.4) is 0 Å². The first-order valence-corrected chi connectivity index (χ1v) is 6.79. The minimum Gasteiger partial charge on any atom is -0.396 e. The van der Waals surface area contributed by atoms with Gasteiger partial charge < -0.3 is 10.0 Å². The largest absolute Gasteiger partial charge is 0.396 e. The van der Waals surface area contributed by atoms with Gasteiger partial charge in [0.05, 0.1) is 0 Å². The van der Waals surface area contributed by atoms with E-state index in [1.165, 1.54) is 30.5 Å². The van der Waals surface area contributed by atoms with Crippen LogP contribution < -0.4 is 0 Å². The number of aliphatic hydroxyl groups is 1. The van der Waals surface area contributed by atoms with Crippen molar-refractivity contribution < 1.29 is 9.50 Å². The minimum absolute atomic E-state index is 0.185. The van der Waals surface area contributed by atoms with E-state index in [4.69, 9.17) is 0 Å². The van der Waals surface area contributed by atoms with Gasteiger partial charge in [-0.25, -0.2) is 4.39 Å². The third kappa shape index (κ3) is 1.86. The van der Waals surface area contributed by atoms with E-state index >= 15 is 0 Å². The van der Waals surface area contributed by atoms with Crippen LogP contribution in [0.5, 0.6) is 0 Å². The predicted molar refractivity (Wildman–Crippen MR) is 68.9 cm³/mol. The van der Waals surface area contributed by atoms with Crippen molar-refractivity contribution in [3.63, 3.8) is 0 Å². The molecular formula is C15H20FNO. The first-order chi connectivity index (χ1) is 8.70. The summed E-state index contributed by atoms with van der Waals surface area (Å²) < 4.78 is 13.0. The van der Waals surface area contributed by atoms with Crippen LogP contribution in [-0.4, -0.2) is 35.7 Å². The lowest BCUT2D eigenvalue weighted by atomic mass is 9.76. The topological polar surface area (TPSA) is 23.5 Å². The molecule has 2 bridgehead atoms. The molecule has 3 rings (SSSR count). The van der Waals surface area contributed by atoms with Gasteiger partial charge in [-0.3, -0.25) is 0 Å². The van der Waals surface area contributed by atoms with E-state index in [0.717, 1.165) is 6.42 Å². The Kier molecular flexibility index (Phi) is 3.12. The van der Waals surface area contributed by atoms with E-state index in [-0.39, 0.29) is 12.4 Å². The van der Waals surface area contributed by atoms with E-state index < -0.39 is 0 Å². The number of nitrogens with zero attached hydrogens (tertiary/aromatic N) is 1. The van der Waals surface area contributed by atoms with Gasteiger partial charge in [0.25, 0.3) is 0 Å². The molecule has 98 valence electrons. The zero-order chi connectivity index (χ0) is 12.7. The molecule has 1 aromatic carbocycles. The van der Waals surface area contributed by atoms with Crippen molar-refractivity contribution in [3.05, 3.63) is 35.6 Å². The molecular weight excluding hydrogens is 229 g/mol. The van der Waals surface area contributed by atoms with Crippen molar-refractivity contribution in [1.29, 1.82) is 0 Å². The molecule has 2 heterocycles. The normalized spacial score (nSPS) is 35.9. The molecule has 0 saturated carbocycles. The molecule has 3 heteroatoms. The van der Waals surface area contributed by atoms with Gasteiger partial charge in [-0.1, -0.05) is 12.1 Å². The van der Waals surface area contributed by atoms with Crippen LogP contribution in [0, 0.1) is 11.7 Å². The van der Waals surface area contributed by atoms with Crippen LogP contribution in [0.4, 0.5) is 4.39 Å². The van der Waals surface area contributed by atoms with Crippen LogP contribution >= 0.6 is 0 Å². The van der Waals surface area contributed by atoms with Gasteiger partial charge in [-0.2, -0.15) is 0 Å². The molecule has 0 aromatic heterocycles. The Morgan fingerprint density at radius 1 is 1.28 bits per heavy atom. The Hall–Kier alpha value is -0.930. The number of halogens is 1. The van der Waals surface area contributed by atoms with Crippen LogP contribution in [0.1, 0.15) is 30.7 Å². The molecule has 18 heavy (non-hydrogen) atoms. The highest BCUT2D eigenvalue weighted by atomic mass is 19.1. The van der Waals surface area contributed by atoms with E-state index in [1.807, 2.05) is 12.1 Å². The summed E-state index contributed by atoms with van der Waals surface area (Å²) in [4.78, 5) is 2.43. The second-order valence-electron chi connectivity index (χ2n) is 5.70. The zero-order valence-electron chi connectivity index (χ0n) is 10.7. The van der Waals surface area contributed by atoms with Gasteiger partial charge in [0, 0.05) is 24.6 Å². The van der Waals surface area contributed by atoms with Crippen LogP contribution in [-0.2, 0) is 0 Å². The fourth-order valence-electron chi connectivity index (χ4n) is 3.92. The zero-order valence-corrected chi connectivity index (χ0v) is 10.7. The molecule has 2 nitrogen and oxygen atoms in total. The lowest BCUT2D eigenvalue weighted by molar-refractivity contribution is 0.0592. The number of hydrogen-bond donors (Lipinski definition) is 1. The van der Waals surface area contributed by atoms with Crippen molar-refractivity contribution >= 4 is 0 Å². The Morgan fingerprint density at radius 3 is 2.67 bits per heavy atom. The molecule has 0 spiro atoms. The predicted octanol–water partition coefficient (Wildman–Crippen LogP) is 2.38. The van der Waals surface area contributed by atoms with Crippen molar-refractivity contribution in [2.75, 3.05) is 13.7 Å². The summed E-state index contributed by atoms with van der Waals surface area (Å²) >= 11 is 0. The lowest BCUT2D eigenvalue weighted by Gasteiger charge is -2.42. The van der Waals surface area contributed by atoms with Crippen molar-refractivity contribution in [2.45, 2.75) is 37.3 Å². The van der Waals surface area contributed by atoms with Gasteiger partial charge >= 0.3 is 0 Å². The summed E-state index contributed by atoms with van der Waals surface area (Å²) in [6.45, 7) is 0.226. The summed E-state index contributed by atoms with van der Waals surface area (Å²) in [5.74, 6) is 0.485.